The van der Waals surface area contributed by atoms with Crippen molar-refractivity contribution in [2.75, 3.05) is 10.2 Å². The summed E-state index contributed by atoms with van der Waals surface area (Å²) in [5, 5.41) is 9.79. The van der Waals surface area contributed by atoms with Crippen molar-refractivity contribution in [2.45, 2.75) is 76.2 Å². The Morgan fingerprint density at radius 2 is 1.85 bits per heavy atom. The number of Topliss-reactive ketones (excluding diaryl/α,β-unsaturated/α-hetero) is 1. The average molecular weight is 533 g/mol. The van der Waals surface area contributed by atoms with Gasteiger partial charge < -0.3 is 19.9 Å². The van der Waals surface area contributed by atoms with Crippen molar-refractivity contribution < 1.29 is 28.4 Å². The molecule has 1 aromatic heterocycles. The monoisotopic (exact) mass is 532 g/mol. The van der Waals surface area contributed by atoms with E-state index in [4.69, 9.17) is 9.26 Å². The van der Waals surface area contributed by atoms with Crippen molar-refractivity contribution >= 4 is 35.0 Å². The molecule has 5 atom stereocenters. The lowest BCUT2D eigenvalue weighted by Gasteiger charge is -2.34. The second-order valence-corrected chi connectivity index (χ2v) is 11.3. The molecule has 3 amide bonds. The summed E-state index contributed by atoms with van der Waals surface area (Å²) in [5.41, 5.74) is -1.61. The van der Waals surface area contributed by atoms with E-state index < -0.39 is 40.9 Å². The van der Waals surface area contributed by atoms with E-state index in [1.807, 2.05) is 0 Å². The van der Waals surface area contributed by atoms with Crippen LogP contribution in [0.15, 0.2) is 47.0 Å². The molecule has 4 aliphatic rings. The van der Waals surface area contributed by atoms with Gasteiger partial charge in [0.2, 0.25) is 17.7 Å². The maximum absolute atomic E-state index is 14.3. The van der Waals surface area contributed by atoms with Gasteiger partial charge in [-0.2, -0.15) is 0 Å². The first-order valence-electron chi connectivity index (χ1n) is 13.5. The van der Waals surface area contributed by atoms with Crippen LogP contribution in [0, 0.1) is 18.8 Å². The minimum atomic E-state index is -1.35. The maximum Gasteiger partial charge on any atom is 0.246 e. The van der Waals surface area contributed by atoms with E-state index in [1.165, 1.54) is 11.8 Å². The number of rotatable bonds is 6. The van der Waals surface area contributed by atoms with Crippen molar-refractivity contribution in [3.63, 3.8) is 0 Å². The Morgan fingerprint density at radius 3 is 2.54 bits per heavy atom. The molecule has 0 unspecified atom stereocenters. The molecule has 3 aliphatic heterocycles. The van der Waals surface area contributed by atoms with E-state index >= 15 is 0 Å². The lowest BCUT2D eigenvalue weighted by atomic mass is 9.70. The second kappa shape index (κ2) is 9.15. The maximum atomic E-state index is 14.3. The first-order chi connectivity index (χ1) is 18.6. The molecule has 3 fully saturated rings. The molecule has 10 nitrogen and oxygen atoms in total. The van der Waals surface area contributed by atoms with Gasteiger partial charge in [0.1, 0.15) is 17.4 Å². The number of aromatic nitrogens is 1. The van der Waals surface area contributed by atoms with Crippen LogP contribution in [0.3, 0.4) is 0 Å². The molecule has 2 N–H and O–H groups in total. The molecular weight excluding hydrogens is 500 g/mol. The van der Waals surface area contributed by atoms with Crippen LogP contribution < -0.4 is 15.5 Å². The quantitative estimate of drug-likeness (QED) is 0.431. The number of benzene rings is 1. The van der Waals surface area contributed by atoms with Crippen LogP contribution in [0.4, 0.5) is 11.5 Å². The molecule has 4 heterocycles. The van der Waals surface area contributed by atoms with Gasteiger partial charge in [-0.25, -0.2) is 0 Å². The Labute approximate surface area is 226 Å². The lowest BCUT2D eigenvalue weighted by molar-refractivity contribution is -0.131. The van der Waals surface area contributed by atoms with Gasteiger partial charge in [-0.15, -0.1) is 0 Å². The highest BCUT2D eigenvalue weighted by Crippen LogP contribution is 2.60. The fraction of sp³-hybridized carbons (Fsp3) is 0.483. The summed E-state index contributed by atoms with van der Waals surface area (Å²) in [5.74, 6) is -2.43. The number of carbonyl (C=O) groups is 4. The third-order valence-electron chi connectivity index (χ3n) is 8.59. The van der Waals surface area contributed by atoms with Crippen LogP contribution in [0.5, 0.6) is 0 Å². The molecule has 2 bridgehead atoms. The Balaban J connectivity index is 1.41. The van der Waals surface area contributed by atoms with Gasteiger partial charge in [-0.1, -0.05) is 48.7 Å². The van der Waals surface area contributed by atoms with E-state index in [-0.39, 0.29) is 23.6 Å². The molecule has 39 heavy (non-hydrogen) atoms. The topological polar surface area (TPSA) is 131 Å². The summed E-state index contributed by atoms with van der Waals surface area (Å²) < 4.78 is 11.6. The molecule has 204 valence electrons. The van der Waals surface area contributed by atoms with Crippen LogP contribution in [-0.4, -0.2) is 51.9 Å². The number of fused-ring (bicyclic) bond motifs is 1. The minimum absolute atomic E-state index is 0.00914. The Morgan fingerprint density at radius 1 is 1.08 bits per heavy atom. The van der Waals surface area contributed by atoms with Crippen LogP contribution >= 0.6 is 0 Å². The molecule has 1 saturated carbocycles. The molecular formula is C29H32N4O6. The number of ether oxygens (including phenoxy) is 1. The second-order valence-electron chi connectivity index (χ2n) is 11.3. The number of nitrogens with one attached hydrogen (secondary N) is 2. The smallest absolute Gasteiger partial charge is 0.246 e. The number of anilines is 2. The van der Waals surface area contributed by atoms with Gasteiger partial charge in [0, 0.05) is 23.4 Å². The van der Waals surface area contributed by atoms with E-state index in [2.05, 4.69) is 15.8 Å². The van der Waals surface area contributed by atoms with E-state index in [9.17, 15) is 19.2 Å². The Kier molecular flexibility index (Phi) is 5.98. The summed E-state index contributed by atoms with van der Waals surface area (Å²) in [6.45, 7) is 4.93. The fourth-order valence-corrected chi connectivity index (χ4v) is 6.84. The number of hydrogen-bond donors (Lipinski definition) is 2. The van der Waals surface area contributed by atoms with E-state index in [0.717, 1.165) is 32.1 Å². The predicted octanol–water partition coefficient (Wildman–Crippen LogP) is 3.32. The molecule has 6 rings (SSSR count). The summed E-state index contributed by atoms with van der Waals surface area (Å²) in [6.07, 6.45) is 8.51. The number of aryl methyl sites for hydroxylation is 1. The fourth-order valence-electron chi connectivity index (χ4n) is 6.84. The molecule has 2 saturated heterocycles. The molecule has 2 aromatic rings. The van der Waals surface area contributed by atoms with Gasteiger partial charge in [0.15, 0.2) is 11.6 Å². The normalized spacial score (nSPS) is 31.4. The minimum Gasteiger partial charge on any atom is -0.360 e. The van der Waals surface area contributed by atoms with Crippen LogP contribution in [0.1, 0.15) is 62.1 Å². The zero-order valence-corrected chi connectivity index (χ0v) is 22.2. The van der Waals surface area contributed by atoms with E-state index in [0.29, 0.717) is 17.0 Å². The molecule has 10 heteroatoms. The number of amides is 3. The molecule has 0 radical (unpaired) electrons. The SMILES string of the molecule is CC(=O)c1cccc(N2C(=O)[C@@H]3[C@@H](C(=O)Nc4cc(C)on4)[C@]4(C)C=C[C@]3(O4)[C@H]2C(=O)NC2CCCCC2)c1. The Hall–Kier alpha value is -3.79. The number of nitrogens with zero attached hydrogens (tertiary/aromatic N) is 2. The summed E-state index contributed by atoms with van der Waals surface area (Å²) in [6, 6.07) is 7.23. The third-order valence-corrected chi connectivity index (χ3v) is 8.59. The first kappa shape index (κ1) is 25.5. The third kappa shape index (κ3) is 4.00. The largest absolute Gasteiger partial charge is 0.360 e. The standard InChI is InChI=1S/C29H32N4O6/c1-16-14-21(32-38-16)31-25(35)22-23-27(37)33(20-11-7-8-18(15-20)17(2)34)24(29(23)13-12-28(22,3)39-29)26(36)30-19-9-5-4-6-10-19/h7-8,11-15,19,22-24H,4-6,9-10H2,1-3H3,(H,30,36)(H,31,32,35)/t22-,23-,24+,28-,29+/m0/s1. The predicted molar refractivity (Wildman–Crippen MR) is 141 cm³/mol. The van der Waals surface area contributed by atoms with Gasteiger partial charge >= 0.3 is 0 Å². The highest BCUT2D eigenvalue weighted by molar-refractivity contribution is 6.12. The molecule has 1 aromatic carbocycles. The van der Waals surface area contributed by atoms with Crippen molar-refractivity contribution in [2.24, 2.45) is 11.8 Å². The van der Waals surface area contributed by atoms with Crippen LogP contribution in [0.25, 0.3) is 0 Å². The highest BCUT2D eigenvalue weighted by atomic mass is 16.5. The number of carbonyl (C=O) groups excluding carboxylic acids is 4. The zero-order chi connectivity index (χ0) is 27.5. The van der Waals surface area contributed by atoms with Crippen molar-refractivity contribution in [3.8, 4) is 0 Å². The Bertz CT molecular complexity index is 1390. The van der Waals surface area contributed by atoms with Gasteiger partial charge in [-0.3, -0.25) is 24.1 Å². The summed E-state index contributed by atoms with van der Waals surface area (Å²) in [7, 11) is 0. The van der Waals surface area contributed by atoms with Crippen molar-refractivity contribution in [1.82, 2.24) is 10.5 Å². The van der Waals surface area contributed by atoms with Gasteiger partial charge in [0.25, 0.3) is 0 Å². The molecule has 1 aliphatic carbocycles. The van der Waals surface area contributed by atoms with E-state index in [1.54, 1.807) is 56.3 Å². The lowest BCUT2D eigenvalue weighted by Crippen LogP contribution is -2.56. The van der Waals surface area contributed by atoms with Crippen LogP contribution in [-0.2, 0) is 19.1 Å². The van der Waals surface area contributed by atoms with Gasteiger partial charge in [-0.05, 0) is 45.7 Å². The summed E-state index contributed by atoms with van der Waals surface area (Å²) >= 11 is 0. The van der Waals surface area contributed by atoms with Gasteiger partial charge in [0.05, 0.1) is 17.4 Å². The summed E-state index contributed by atoms with van der Waals surface area (Å²) in [4.78, 5) is 55.6. The van der Waals surface area contributed by atoms with Crippen LogP contribution in [0.2, 0.25) is 0 Å². The molecule has 1 spiro atoms. The zero-order valence-electron chi connectivity index (χ0n) is 22.2. The van der Waals surface area contributed by atoms with Crippen molar-refractivity contribution in [3.05, 3.63) is 53.8 Å². The number of hydrogen-bond acceptors (Lipinski definition) is 7. The number of ketones is 1. The highest BCUT2D eigenvalue weighted by Gasteiger charge is 2.76. The average Bonchev–Trinajstić information content (AvgIpc) is 3.61. The van der Waals surface area contributed by atoms with Crippen molar-refractivity contribution in [1.29, 1.82) is 0 Å². The first-order valence-corrected chi connectivity index (χ1v) is 13.5.